The number of ketones is 2. The highest BCUT2D eigenvalue weighted by Crippen LogP contribution is 2.52. The van der Waals surface area contributed by atoms with Crippen LogP contribution in [0, 0.1) is 11.8 Å². The van der Waals surface area contributed by atoms with Crippen molar-refractivity contribution in [2.24, 2.45) is 24.6 Å². The van der Waals surface area contributed by atoms with Crippen LogP contribution in [0.4, 0.5) is 0 Å². The molecule has 1 aromatic heterocycles. The molecule has 1 saturated carbocycles. The van der Waals surface area contributed by atoms with Crippen molar-refractivity contribution in [3.8, 4) is 17.0 Å². The largest absolute Gasteiger partial charge is 0.508 e. The van der Waals surface area contributed by atoms with E-state index in [-0.39, 0.29) is 36.1 Å². The van der Waals surface area contributed by atoms with E-state index in [1.54, 1.807) is 30.1 Å². The van der Waals surface area contributed by atoms with Gasteiger partial charge in [0.25, 0.3) is 5.91 Å². The van der Waals surface area contributed by atoms with Gasteiger partial charge in [0.15, 0.2) is 11.4 Å². The van der Waals surface area contributed by atoms with Crippen molar-refractivity contribution in [2.75, 3.05) is 0 Å². The van der Waals surface area contributed by atoms with Crippen LogP contribution in [0.2, 0.25) is 0 Å². The molecule has 33 heavy (non-hydrogen) atoms. The Morgan fingerprint density at radius 1 is 1.18 bits per heavy atom. The zero-order valence-electron chi connectivity index (χ0n) is 17.6. The molecule has 2 aromatic rings. The number of aromatic nitrogens is 2. The molecule has 10 nitrogen and oxygen atoms in total. The first-order chi connectivity index (χ1) is 15.6. The van der Waals surface area contributed by atoms with Crippen molar-refractivity contribution in [2.45, 2.75) is 24.9 Å². The lowest BCUT2D eigenvalue weighted by Gasteiger charge is -2.46. The quantitative estimate of drug-likeness (QED) is 0.417. The lowest BCUT2D eigenvalue weighted by Crippen LogP contribution is -2.58. The number of nitrogens with two attached hydrogens (primary N) is 1. The molecular formula is C23H21N3O7. The number of hydrogen-bond donors (Lipinski definition) is 5. The van der Waals surface area contributed by atoms with Gasteiger partial charge in [-0.15, -0.1) is 0 Å². The molecule has 0 unspecified atom stereocenters. The van der Waals surface area contributed by atoms with E-state index in [9.17, 15) is 34.8 Å². The summed E-state index contributed by atoms with van der Waals surface area (Å²) < 4.78 is 1.64. The van der Waals surface area contributed by atoms with Gasteiger partial charge >= 0.3 is 0 Å². The Morgan fingerprint density at radius 3 is 2.55 bits per heavy atom. The maximum absolute atomic E-state index is 13.5. The summed E-state index contributed by atoms with van der Waals surface area (Å²) in [5.41, 5.74) is 3.76. The number of carbonyl (C=O) groups excluding carboxylic acids is 3. The smallest absolute Gasteiger partial charge is 0.255 e. The number of aryl methyl sites for hydroxylation is 1. The number of phenols is 1. The Kier molecular flexibility index (Phi) is 4.31. The van der Waals surface area contributed by atoms with Gasteiger partial charge in [-0.3, -0.25) is 19.1 Å². The highest BCUT2D eigenvalue weighted by Gasteiger charge is 2.60. The Balaban J connectivity index is 1.72. The summed E-state index contributed by atoms with van der Waals surface area (Å²) in [5, 5.41) is 47.7. The van der Waals surface area contributed by atoms with Gasteiger partial charge in [0, 0.05) is 36.7 Å². The molecule has 6 N–H and O–H groups in total. The number of amides is 1. The fourth-order valence-electron chi connectivity index (χ4n) is 5.50. The summed E-state index contributed by atoms with van der Waals surface area (Å²) >= 11 is 0. The molecule has 3 aliphatic rings. The predicted octanol–water partition coefficient (Wildman–Crippen LogP) is 0.824. The predicted molar refractivity (Wildman–Crippen MR) is 114 cm³/mol. The van der Waals surface area contributed by atoms with Crippen LogP contribution >= 0.6 is 0 Å². The first kappa shape index (κ1) is 21.0. The van der Waals surface area contributed by atoms with Crippen LogP contribution in [0.1, 0.15) is 24.0 Å². The second-order valence-electron chi connectivity index (χ2n) is 8.73. The van der Waals surface area contributed by atoms with Crippen molar-refractivity contribution < 1.29 is 34.8 Å². The number of rotatable bonds is 2. The molecule has 0 aliphatic heterocycles. The van der Waals surface area contributed by atoms with Crippen LogP contribution in [0.3, 0.4) is 0 Å². The van der Waals surface area contributed by atoms with Crippen molar-refractivity contribution in [3.63, 3.8) is 0 Å². The number of benzene rings is 1. The number of phenolic OH excluding ortho intramolecular Hbond substituents is 1. The second-order valence-corrected chi connectivity index (χ2v) is 8.73. The van der Waals surface area contributed by atoms with Crippen molar-refractivity contribution in [1.29, 1.82) is 0 Å². The van der Waals surface area contributed by atoms with Crippen molar-refractivity contribution >= 4 is 23.2 Å². The molecule has 1 fully saturated rings. The molecule has 1 heterocycles. The van der Waals surface area contributed by atoms with Gasteiger partial charge in [0.2, 0.25) is 5.78 Å². The monoisotopic (exact) mass is 451 g/mol. The van der Waals surface area contributed by atoms with E-state index >= 15 is 0 Å². The van der Waals surface area contributed by atoms with Gasteiger partial charge in [-0.1, -0.05) is 0 Å². The molecule has 0 radical (unpaired) electrons. The number of carbonyl (C=O) groups is 3. The van der Waals surface area contributed by atoms with E-state index in [1.165, 1.54) is 6.07 Å². The molecule has 0 bridgehead atoms. The van der Waals surface area contributed by atoms with Gasteiger partial charge in [0.1, 0.15) is 22.8 Å². The molecule has 5 rings (SSSR count). The first-order valence-electron chi connectivity index (χ1n) is 10.4. The third-order valence-electron chi connectivity index (χ3n) is 7.04. The van der Waals surface area contributed by atoms with E-state index in [1.807, 2.05) is 0 Å². The molecule has 0 saturated heterocycles. The van der Waals surface area contributed by atoms with Crippen LogP contribution in [-0.2, 0) is 27.9 Å². The van der Waals surface area contributed by atoms with Crippen molar-refractivity contribution in [3.05, 3.63) is 52.4 Å². The van der Waals surface area contributed by atoms with E-state index < -0.39 is 52.0 Å². The number of fused-ring (bicyclic) bond motifs is 3. The number of hydrogen-bond acceptors (Lipinski definition) is 8. The molecular weight excluding hydrogens is 430 g/mol. The minimum Gasteiger partial charge on any atom is -0.508 e. The van der Waals surface area contributed by atoms with Crippen molar-refractivity contribution in [1.82, 2.24) is 9.78 Å². The minimum absolute atomic E-state index is 0.0563. The summed E-state index contributed by atoms with van der Waals surface area (Å²) in [6.07, 6.45) is 1.59. The highest BCUT2D eigenvalue weighted by molar-refractivity contribution is 6.22. The van der Waals surface area contributed by atoms with Gasteiger partial charge in [-0.05, 0) is 42.5 Å². The van der Waals surface area contributed by atoms with E-state index in [2.05, 4.69) is 5.10 Å². The summed E-state index contributed by atoms with van der Waals surface area (Å²) in [7, 11) is 1.75. The summed E-state index contributed by atoms with van der Waals surface area (Å²) in [5.74, 6) is -6.43. The highest BCUT2D eigenvalue weighted by atomic mass is 16.3. The van der Waals surface area contributed by atoms with Gasteiger partial charge in [-0.2, -0.15) is 5.10 Å². The van der Waals surface area contributed by atoms with Crippen LogP contribution in [0.5, 0.6) is 5.75 Å². The SMILES string of the molecule is Cn1nccc1-c1ccc(O)c2c1C[C@H]1C[C@H]3CC(=O)C(C(N)=O)=C(O)[C@@]3(O)C(=O)C1=C2O. The Morgan fingerprint density at radius 2 is 1.91 bits per heavy atom. The third-order valence-corrected chi connectivity index (χ3v) is 7.04. The summed E-state index contributed by atoms with van der Waals surface area (Å²) in [6, 6.07) is 4.87. The fourth-order valence-corrected chi connectivity index (χ4v) is 5.50. The number of aromatic hydroxyl groups is 1. The molecule has 3 atom stereocenters. The summed E-state index contributed by atoms with van der Waals surface area (Å²) in [6.45, 7) is 0. The van der Waals surface area contributed by atoms with Gasteiger partial charge in [-0.25, -0.2) is 0 Å². The third kappa shape index (κ3) is 2.64. The van der Waals surface area contributed by atoms with Crippen LogP contribution in [-0.4, -0.2) is 53.3 Å². The number of primary amides is 1. The van der Waals surface area contributed by atoms with E-state index in [0.717, 1.165) is 5.69 Å². The molecule has 3 aliphatic carbocycles. The zero-order valence-corrected chi connectivity index (χ0v) is 17.6. The molecule has 170 valence electrons. The Bertz CT molecular complexity index is 1340. The summed E-state index contributed by atoms with van der Waals surface area (Å²) in [4.78, 5) is 37.6. The number of aliphatic hydroxyl groups is 3. The topological polar surface area (TPSA) is 176 Å². The average molecular weight is 451 g/mol. The van der Waals surface area contributed by atoms with Gasteiger partial charge in [0.05, 0.1) is 11.3 Å². The normalized spacial score (nSPS) is 26.7. The maximum Gasteiger partial charge on any atom is 0.255 e. The standard InChI is InChI=1S/C23H21N3O7/c1-26-13(4-5-25-26)11-2-3-14(27)17-12(11)7-9-6-10-8-15(28)18(22(24)32)21(31)23(10,33)20(30)16(9)19(17)29/h2-5,9-10,27,29,31,33H,6-8H2,1H3,(H2,24,32)/t9-,10+,23+/m1/s1. The van der Waals surface area contributed by atoms with Crippen LogP contribution in [0.15, 0.2) is 41.3 Å². The molecule has 1 aromatic carbocycles. The minimum atomic E-state index is -2.56. The number of aliphatic hydroxyl groups excluding tert-OH is 2. The lowest BCUT2D eigenvalue weighted by atomic mass is 9.59. The maximum atomic E-state index is 13.5. The van der Waals surface area contributed by atoms with E-state index in [0.29, 0.717) is 11.1 Å². The van der Waals surface area contributed by atoms with Crippen LogP contribution < -0.4 is 5.73 Å². The fraction of sp³-hybridized carbons (Fsp3) is 0.304. The average Bonchev–Trinajstić information content (AvgIpc) is 3.16. The Hall–Kier alpha value is -3.92. The molecule has 10 heteroatoms. The molecule has 1 amide bonds. The lowest BCUT2D eigenvalue weighted by molar-refractivity contribution is -0.147. The van der Waals surface area contributed by atoms with E-state index in [4.69, 9.17) is 5.73 Å². The number of nitrogens with zero attached hydrogens (tertiary/aromatic N) is 2. The first-order valence-corrected chi connectivity index (χ1v) is 10.4. The van der Waals surface area contributed by atoms with Gasteiger partial charge < -0.3 is 26.2 Å². The van der Waals surface area contributed by atoms with Crippen LogP contribution in [0.25, 0.3) is 17.0 Å². The second kappa shape index (κ2) is 6.79. The Labute approximate surface area is 187 Å². The molecule has 0 spiro atoms. The number of Topliss-reactive ketones (excluding diaryl/α,β-unsaturated/α-hetero) is 2. The zero-order chi connectivity index (χ0) is 23.8.